The van der Waals surface area contributed by atoms with Crippen LogP contribution in [-0.4, -0.2) is 29.1 Å². The molecule has 1 amide bonds. The van der Waals surface area contributed by atoms with Crippen molar-refractivity contribution in [3.05, 3.63) is 0 Å². The zero-order chi connectivity index (χ0) is 12.0. The van der Waals surface area contributed by atoms with E-state index in [0.717, 1.165) is 24.7 Å². The lowest BCUT2D eigenvalue weighted by Gasteiger charge is -2.35. The molecule has 1 N–H and O–H groups in total. The Morgan fingerprint density at radius 2 is 2.06 bits per heavy atom. The van der Waals surface area contributed by atoms with E-state index in [1.165, 1.54) is 25.7 Å². The van der Waals surface area contributed by atoms with Crippen molar-refractivity contribution in [2.75, 3.05) is 0 Å². The smallest absolute Gasteiger partial charge is 0.241 e. The maximum atomic E-state index is 12.4. The van der Waals surface area contributed by atoms with E-state index in [1.807, 2.05) is 0 Å². The molecule has 2 aliphatic carbocycles. The van der Waals surface area contributed by atoms with Crippen LogP contribution in [0.1, 0.15) is 52.4 Å². The van der Waals surface area contributed by atoms with Crippen molar-refractivity contribution in [1.82, 2.24) is 10.2 Å². The molecule has 96 valence electrons. The number of carbonyl (C=O) groups is 1. The fourth-order valence-corrected chi connectivity index (χ4v) is 4.27. The average Bonchev–Trinajstić information content (AvgIpc) is 3.01. The largest absolute Gasteiger partial charge is 0.323 e. The van der Waals surface area contributed by atoms with Crippen molar-refractivity contribution in [3.63, 3.8) is 0 Å². The molecule has 3 nitrogen and oxygen atoms in total. The van der Waals surface area contributed by atoms with Gasteiger partial charge in [-0.15, -0.1) is 0 Å². The van der Waals surface area contributed by atoms with E-state index in [1.54, 1.807) is 0 Å². The summed E-state index contributed by atoms with van der Waals surface area (Å²) in [5.74, 6) is 2.09. The molecule has 1 heterocycles. The SMILES string of the molecule is CCC1NC(CC)N(C2CC3CCC2C3)C1=O. The number of fused-ring (bicyclic) bond motifs is 2. The van der Waals surface area contributed by atoms with Gasteiger partial charge in [0.25, 0.3) is 0 Å². The number of nitrogens with zero attached hydrogens (tertiary/aromatic N) is 1. The van der Waals surface area contributed by atoms with Gasteiger partial charge in [0.05, 0.1) is 12.2 Å². The van der Waals surface area contributed by atoms with Crippen LogP contribution in [0.15, 0.2) is 0 Å². The summed E-state index contributed by atoms with van der Waals surface area (Å²) in [6.45, 7) is 4.29. The predicted octanol–water partition coefficient (Wildman–Crippen LogP) is 2.12. The zero-order valence-electron chi connectivity index (χ0n) is 11.0. The summed E-state index contributed by atoms with van der Waals surface area (Å²) in [7, 11) is 0. The van der Waals surface area contributed by atoms with E-state index in [-0.39, 0.29) is 6.04 Å². The fraction of sp³-hybridized carbons (Fsp3) is 0.929. The van der Waals surface area contributed by atoms with Crippen molar-refractivity contribution in [1.29, 1.82) is 0 Å². The lowest BCUT2D eigenvalue weighted by Crippen LogP contribution is -2.46. The Kier molecular flexibility index (Phi) is 2.89. The molecule has 3 aliphatic rings. The van der Waals surface area contributed by atoms with Gasteiger partial charge < -0.3 is 4.90 Å². The van der Waals surface area contributed by atoms with Crippen LogP contribution in [0.25, 0.3) is 0 Å². The van der Waals surface area contributed by atoms with Crippen molar-refractivity contribution in [2.24, 2.45) is 11.8 Å². The molecular weight excluding hydrogens is 212 g/mol. The van der Waals surface area contributed by atoms with Gasteiger partial charge in [0, 0.05) is 6.04 Å². The van der Waals surface area contributed by atoms with E-state index in [9.17, 15) is 4.79 Å². The quantitative estimate of drug-likeness (QED) is 0.814. The number of hydrogen-bond acceptors (Lipinski definition) is 2. The van der Waals surface area contributed by atoms with Crippen LogP contribution in [0.5, 0.6) is 0 Å². The van der Waals surface area contributed by atoms with Gasteiger partial charge >= 0.3 is 0 Å². The maximum Gasteiger partial charge on any atom is 0.241 e. The summed E-state index contributed by atoms with van der Waals surface area (Å²) >= 11 is 0. The van der Waals surface area contributed by atoms with Crippen LogP contribution in [0, 0.1) is 11.8 Å². The molecule has 0 radical (unpaired) electrons. The van der Waals surface area contributed by atoms with Gasteiger partial charge in [0.2, 0.25) is 5.91 Å². The summed E-state index contributed by atoms with van der Waals surface area (Å²) < 4.78 is 0. The number of hydrogen-bond donors (Lipinski definition) is 1. The second kappa shape index (κ2) is 4.27. The summed E-state index contributed by atoms with van der Waals surface area (Å²) in [5, 5.41) is 3.50. The highest BCUT2D eigenvalue weighted by Gasteiger charge is 2.49. The van der Waals surface area contributed by atoms with E-state index in [2.05, 4.69) is 24.1 Å². The van der Waals surface area contributed by atoms with Crippen molar-refractivity contribution >= 4 is 5.91 Å². The first kappa shape index (κ1) is 11.5. The highest BCUT2D eigenvalue weighted by molar-refractivity contribution is 5.84. The fourth-order valence-electron chi connectivity index (χ4n) is 4.27. The minimum atomic E-state index is 0.0825. The Morgan fingerprint density at radius 3 is 2.59 bits per heavy atom. The minimum Gasteiger partial charge on any atom is -0.323 e. The van der Waals surface area contributed by atoms with E-state index in [4.69, 9.17) is 0 Å². The van der Waals surface area contributed by atoms with Gasteiger partial charge in [-0.3, -0.25) is 10.1 Å². The summed E-state index contributed by atoms with van der Waals surface area (Å²) in [6.07, 6.45) is 7.67. The highest BCUT2D eigenvalue weighted by atomic mass is 16.2. The lowest BCUT2D eigenvalue weighted by atomic mass is 9.93. The van der Waals surface area contributed by atoms with E-state index >= 15 is 0 Å². The van der Waals surface area contributed by atoms with Crippen LogP contribution in [0.3, 0.4) is 0 Å². The number of rotatable bonds is 3. The van der Waals surface area contributed by atoms with Gasteiger partial charge in [-0.05, 0) is 43.9 Å². The molecular formula is C14H24N2O. The topological polar surface area (TPSA) is 32.3 Å². The molecule has 1 saturated heterocycles. The molecule has 2 saturated carbocycles. The molecule has 17 heavy (non-hydrogen) atoms. The molecule has 0 aromatic heterocycles. The second-order valence-corrected chi connectivity index (χ2v) is 6.04. The van der Waals surface area contributed by atoms with Crippen LogP contribution in [0.2, 0.25) is 0 Å². The van der Waals surface area contributed by atoms with Crippen LogP contribution < -0.4 is 5.32 Å². The summed E-state index contributed by atoms with van der Waals surface area (Å²) in [6, 6.07) is 0.634. The van der Waals surface area contributed by atoms with Gasteiger partial charge in [-0.25, -0.2) is 0 Å². The van der Waals surface area contributed by atoms with Gasteiger partial charge in [-0.2, -0.15) is 0 Å². The minimum absolute atomic E-state index is 0.0825. The molecule has 3 rings (SSSR count). The molecule has 3 fully saturated rings. The van der Waals surface area contributed by atoms with Crippen LogP contribution >= 0.6 is 0 Å². The lowest BCUT2D eigenvalue weighted by molar-refractivity contribution is -0.133. The third-order valence-electron chi connectivity index (χ3n) is 5.13. The Hall–Kier alpha value is -0.570. The Labute approximate surface area is 104 Å². The first-order valence-corrected chi connectivity index (χ1v) is 7.32. The molecule has 1 aliphatic heterocycles. The number of amides is 1. The molecule has 0 spiro atoms. The third kappa shape index (κ3) is 1.70. The molecule has 3 heteroatoms. The highest BCUT2D eigenvalue weighted by Crippen LogP contribution is 2.47. The molecule has 5 atom stereocenters. The van der Waals surface area contributed by atoms with Gasteiger partial charge in [0.15, 0.2) is 0 Å². The number of carbonyl (C=O) groups excluding carboxylic acids is 1. The van der Waals surface area contributed by atoms with Gasteiger partial charge in [-0.1, -0.05) is 20.3 Å². The van der Waals surface area contributed by atoms with E-state index in [0.29, 0.717) is 18.1 Å². The van der Waals surface area contributed by atoms with Crippen molar-refractivity contribution in [3.8, 4) is 0 Å². The molecule has 0 aromatic rings. The predicted molar refractivity (Wildman–Crippen MR) is 67.4 cm³/mol. The Morgan fingerprint density at radius 1 is 1.24 bits per heavy atom. The van der Waals surface area contributed by atoms with Crippen LogP contribution in [0.4, 0.5) is 0 Å². The van der Waals surface area contributed by atoms with Crippen molar-refractivity contribution < 1.29 is 4.79 Å². The number of nitrogens with one attached hydrogen (secondary N) is 1. The van der Waals surface area contributed by atoms with Gasteiger partial charge in [0.1, 0.15) is 0 Å². The Balaban J connectivity index is 1.78. The van der Waals surface area contributed by atoms with Crippen molar-refractivity contribution in [2.45, 2.75) is 70.6 Å². The summed E-state index contributed by atoms with van der Waals surface area (Å²) in [5.41, 5.74) is 0. The first-order chi connectivity index (χ1) is 8.24. The maximum absolute atomic E-state index is 12.4. The average molecular weight is 236 g/mol. The second-order valence-electron chi connectivity index (χ2n) is 6.04. The standard InChI is InChI=1S/C14H24N2O/c1-3-11-14(17)16(13(4-2)15-11)12-8-9-5-6-10(12)7-9/h9-13,15H,3-8H2,1-2H3. The molecule has 5 unspecified atom stereocenters. The third-order valence-corrected chi connectivity index (χ3v) is 5.13. The molecule has 0 aromatic carbocycles. The Bertz CT molecular complexity index is 317. The molecule has 2 bridgehead atoms. The monoisotopic (exact) mass is 236 g/mol. The van der Waals surface area contributed by atoms with E-state index < -0.39 is 0 Å². The van der Waals surface area contributed by atoms with Crippen LogP contribution in [-0.2, 0) is 4.79 Å². The first-order valence-electron chi connectivity index (χ1n) is 7.32. The zero-order valence-corrected chi connectivity index (χ0v) is 11.0. The normalized spacial score (nSPS) is 44.9. The summed E-state index contributed by atoms with van der Waals surface area (Å²) in [4.78, 5) is 14.7.